The van der Waals surface area contributed by atoms with Gasteiger partial charge in [-0.05, 0) is 39.9 Å². The average molecular weight is 650 g/mol. The molecule has 48 heavy (non-hydrogen) atoms. The molecule has 6 nitrogen and oxygen atoms in total. The van der Waals surface area contributed by atoms with E-state index in [2.05, 4.69) is 4.98 Å². The van der Waals surface area contributed by atoms with Gasteiger partial charge in [-0.15, -0.1) is 0 Å². The summed E-state index contributed by atoms with van der Waals surface area (Å²) in [5.74, 6) is -16.5. The van der Waals surface area contributed by atoms with E-state index in [9.17, 15) is 52.7 Å². The number of nitriles is 5. The van der Waals surface area contributed by atoms with Crippen LogP contribution in [0.2, 0.25) is 0 Å². The van der Waals surface area contributed by atoms with E-state index >= 15 is 8.78 Å². The maximum absolute atomic E-state index is 15.2. The van der Waals surface area contributed by atoms with Crippen molar-refractivity contribution < 1.29 is 35.1 Å². The summed E-state index contributed by atoms with van der Waals surface area (Å²) in [6.07, 6.45) is 0. The Balaban J connectivity index is 1.65. The standard InChI is InChI=1S/C34H6F8N6/c35-26-24-20(11-47)22(23(15(9-45)10-46)25(24)27(36)29(38)28(26)37)12-1-3-16-17-4-2-13(33-31(40)30(39)32(41)34(42)48-33)6-19(17)21(18(16)5-12)14(7-43)8-44/h1-6H. The van der Waals surface area contributed by atoms with E-state index in [1.807, 2.05) is 0 Å². The van der Waals surface area contributed by atoms with Crippen molar-refractivity contribution in [2.75, 3.05) is 0 Å². The second-order valence-electron chi connectivity index (χ2n) is 10.0. The molecule has 0 bridgehead atoms. The Bertz CT molecular complexity index is 2520. The lowest BCUT2D eigenvalue weighted by Crippen LogP contribution is -2.04. The van der Waals surface area contributed by atoms with Crippen molar-refractivity contribution in [2.24, 2.45) is 0 Å². The number of rotatable bonds is 2. The van der Waals surface area contributed by atoms with Gasteiger partial charge in [0.05, 0.1) is 5.57 Å². The minimum atomic E-state index is -2.26. The first-order valence-electron chi connectivity index (χ1n) is 13.1. The highest BCUT2D eigenvalue weighted by atomic mass is 19.2. The third kappa shape index (κ3) is 4.09. The van der Waals surface area contributed by atoms with Crippen LogP contribution in [0.25, 0.3) is 44.7 Å². The molecule has 2 aliphatic carbocycles. The van der Waals surface area contributed by atoms with Gasteiger partial charge in [-0.25, -0.2) is 31.3 Å². The van der Waals surface area contributed by atoms with Crippen LogP contribution in [0.15, 0.2) is 47.5 Å². The fraction of sp³-hybridized carbons (Fsp3) is 0. The summed E-state index contributed by atoms with van der Waals surface area (Å²) in [4.78, 5) is 3.15. The monoisotopic (exact) mass is 650 g/mol. The second kappa shape index (κ2) is 11.1. The fourth-order valence-electron chi connectivity index (χ4n) is 5.77. The Kier molecular flexibility index (Phi) is 7.13. The maximum atomic E-state index is 15.2. The zero-order valence-electron chi connectivity index (χ0n) is 23.2. The number of pyridine rings is 1. The van der Waals surface area contributed by atoms with Gasteiger partial charge in [0.15, 0.2) is 29.1 Å². The Hall–Kier alpha value is -7.08. The lowest BCUT2D eigenvalue weighted by Gasteiger charge is -2.12. The van der Waals surface area contributed by atoms with Crippen LogP contribution in [-0.2, 0) is 0 Å². The molecule has 1 heterocycles. The van der Waals surface area contributed by atoms with Crippen LogP contribution in [0, 0.1) is 103 Å². The highest BCUT2D eigenvalue weighted by molar-refractivity contribution is 6.26. The first-order valence-corrected chi connectivity index (χ1v) is 13.1. The second-order valence-corrected chi connectivity index (χ2v) is 10.0. The van der Waals surface area contributed by atoms with Crippen LogP contribution >= 0.6 is 0 Å². The lowest BCUT2D eigenvalue weighted by atomic mass is 9.89. The number of aromatic nitrogens is 1. The number of hydrogen-bond donors (Lipinski definition) is 0. The molecule has 2 aliphatic rings. The molecular formula is C34H6F8N6. The molecule has 3 aromatic carbocycles. The van der Waals surface area contributed by atoms with Gasteiger partial charge in [0.25, 0.3) is 5.95 Å². The molecule has 0 radical (unpaired) electrons. The minimum Gasteiger partial charge on any atom is -0.214 e. The molecule has 1 aromatic heterocycles. The number of benzene rings is 3. The third-order valence-electron chi connectivity index (χ3n) is 7.74. The topological polar surface area (TPSA) is 132 Å². The van der Waals surface area contributed by atoms with Crippen molar-refractivity contribution in [3.63, 3.8) is 0 Å². The van der Waals surface area contributed by atoms with E-state index in [0.717, 1.165) is 6.07 Å². The minimum absolute atomic E-state index is 0.0278. The van der Waals surface area contributed by atoms with Crippen LogP contribution in [-0.4, -0.2) is 4.98 Å². The quantitative estimate of drug-likeness (QED) is 0.0627. The number of allylic oxidation sites excluding steroid dienone is 5. The normalized spacial score (nSPS) is 12.3. The van der Waals surface area contributed by atoms with Crippen LogP contribution in [0.5, 0.6) is 0 Å². The summed E-state index contributed by atoms with van der Waals surface area (Å²) in [6.45, 7) is 0. The van der Waals surface area contributed by atoms with Gasteiger partial charge < -0.3 is 0 Å². The first-order chi connectivity index (χ1) is 22.9. The van der Waals surface area contributed by atoms with E-state index in [1.165, 1.54) is 42.5 Å². The Morgan fingerprint density at radius 3 is 1.52 bits per heavy atom. The number of nitrogens with zero attached hydrogens (tertiary/aromatic N) is 6. The van der Waals surface area contributed by atoms with Gasteiger partial charge in [0.2, 0.25) is 11.6 Å². The van der Waals surface area contributed by atoms with Gasteiger partial charge in [-0.3, -0.25) is 0 Å². The Morgan fingerprint density at radius 2 is 0.979 bits per heavy atom. The summed E-state index contributed by atoms with van der Waals surface area (Å²) < 4.78 is 115. The predicted octanol–water partition coefficient (Wildman–Crippen LogP) is 7.94. The predicted molar refractivity (Wildman–Crippen MR) is 149 cm³/mol. The van der Waals surface area contributed by atoms with Crippen LogP contribution in [0.3, 0.4) is 0 Å². The third-order valence-corrected chi connectivity index (χ3v) is 7.74. The average Bonchev–Trinajstić information content (AvgIpc) is 3.61. The molecule has 0 amide bonds. The van der Waals surface area contributed by atoms with E-state index in [0.29, 0.717) is 0 Å². The maximum Gasteiger partial charge on any atom is 0.252 e. The fourth-order valence-corrected chi connectivity index (χ4v) is 5.77. The van der Waals surface area contributed by atoms with Gasteiger partial charge in [-0.1, -0.05) is 24.3 Å². The Morgan fingerprint density at radius 1 is 0.500 bits per heavy atom. The summed E-state index contributed by atoms with van der Waals surface area (Å²) in [7, 11) is 0. The molecule has 6 rings (SSSR count). The van der Waals surface area contributed by atoms with E-state index < -0.39 is 91.4 Å². The molecule has 0 aliphatic heterocycles. The zero-order valence-corrected chi connectivity index (χ0v) is 23.2. The smallest absolute Gasteiger partial charge is 0.214 e. The summed E-state index contributed by atoms with van der Waals surface area (Å²) >= 11 is 0. The molecule has 0 fully saturated rings. The molecule has 0 N–H and O–H groups in total. The van der Waals surface area contributed by atoms with Crippen molar-refractivity contribution in [1.82, 2.24) is 4.98 Å². The zero-order chi connectivity index (χ0) is 34.8. The van der Waals surface area contributed by atoms with Crippen LogP contribution < -0.4 is 0 Å². The number of halogens is 8. The summed E-state index contributed by atoms with van der Waals surface area (Å²) in [5.41, 5.74) is -6.44. The van der Waals surface area contributed by atoms with Crippen molar-refractivity contribution >= 4 is 22.3 Å². The van der Waals surface area contributed by atoms with Crippen molar-refractivity contribution in [1.29, 1.82) is 26.3 Å². The summed E-state index contributed by atoms with van der Waals surface area (Å²) in [6, 6.07) is 15.3. The SMILES string of the molecule is N#CC(C#N)=C1c2cc(C3=C(C#N)c4c(F)c(F)c(F)c(F)c4C3=C(C#N)C#N)ccc2-c2ccc(-c3nc(F)c(F)c(F)c3F)cc21. The van der Waals surface area contributed by atoms with E-state index in [1.54, 1.807) is 18.2 Å². The van der Waals surface area contributed by atoms with E-state index in [4.69, 9.17) is 0 Å². The molecule has 0 saturated carbocycles. The number of fused-ring (bicyclic) bond motifs is 4. The Labute approximate surface area is 263 Å². The van der Waals surface area contributed by atoms with Gasteiger partial charge >= 0.3 is 0 Å². The molecular weight excluding hydrogens is 644 g/mol. The molecule has 228 valence electrons. The highest BCUT2D eigenvalue weighted by Gasteiger charge is 2.40. The molecule has 4 aromatic rings. The molecule has 0 unspecified atom stereocenters. The highest BCUT2D eigenvalue weighted by Crippen LogP contribution is 2.53. The van der Waals surface area contributed by atoms with Crippen LogP contribution in [0.1, 0.15) is 27.8 Å². The van der Waals surface area contributed by atoms with Gasteiger partial charge in [0, 0.05) is 33.4 Å². The largest absolute Gasteiger partial charge is 0.252 e. The van der Waals surface area contributed by atoms with E-state index in [-0.39, 0.29) is 39.0 Å². The molecule has 0 saturated heterocycles. The molecule has 0 spiro atoms. The summed E-state index contributed by atoms with van der Waals surface area (Å²) in [5, 5.41) is 49.0. The van der Waals surface area contributed by atoms with Crippen molar-refractivity contribution in [3.05, 3.63) is 122 Å². The van der Waals surface area contributed by atoms with Crippen molar-refractivity contribution in [3.8, 4) is 52.7 Å². The van der Waals surface area contributed by atoms with Gasteiger partial charge in [-0.2, -0.15) is 35.1 Å². The molecule has 14 heteroatoms. The molecule has 0 atom stereocenters. The first kappa shape index (κ1) is 30.9. The number of hydrogen-bond acceptors (Lipinski definition) is 6. The lowest BCUT2D eigenvalue weighted by molar-refractivity contribution is 0.393. The van der Waals surface area contributed by atoms with Crippen LogP contribution in [0.4, 0.5) is 35.1 Å². The van der Waals surface area contributed by atoms with Crippen molar-refractivity contribution in [2.45, 2.75) is 0 Å². The van der Waals surface area contributed by atoms with Gasteiger partial charge in [0.1, 0.15) is 47.2 Å².